The van der Waals surface area contributed by atoms with Crippen LogP contribution in [0.5, 0.6) is 0 Å². The first kappa shape index (κ1) is 48.1. The fourth-order valence-corrected chi connectivity index (χ4v) is 4.31. The summed E-state index contributed by atoms with van der Waals surface area (Å²) in [4.78, 5) is 65.5. The number of aromatic nitrogens is 4. The normalized spacial score (nSPS) is 12.1. The smallest absolute Gasteiger partial charge is 0.443 e. The lowest BCUT2D eigenvalue weighted by Gasteiger charge is -2.28. The van der Waals surface area contributed by atoms with Crippen LogP contribution in [-0.2, 0) is 38.2 Å². The van der Waals surface area contributed by atoms with E-state index in [9.17, 15) is 41.1 Å². The molecular weight excluding hydrogens is 831 g/mol. The van der Waals surface area contributed by atoms with Gasteiger partial charge in [-0.05, 0) is 111 Å². The zero-order valence-corrected chi connectivity index (χ0v) is 35.2. The van der Waals surface area contributed by atoms with Crippen molar-refractivity contribution in [3.8, 4) is 11.1 Å². The molecular formula is C37H46BrF5N6O8. The minimum atomic E-state index is -4.75. The largest absolute Gasteiger partial charge is 0.451 e. The molecule has 0 fully saturated rings. The predicted octanol–water partition coefficient (Wildman–Crippen LogP) is 10.0. The number of ether oxygens (including phenoxy) is 4. The SMILES string of the molecule is CC(C)(C)OC(=O)N(Cc1cc(-c2cnc(C(F)(F)F)nc2)c(F)cn1)C(=O)OC(C)(C)C.CC(C)(C)OC(=O)N(Cc1cc(Br)c(F)cn1)C(=O)OC(C)(C)C. The molecule has 3 heterocycles. The first-order chi connectivity index (χ1) is 25.7. The fourth-order valence-electron chi connectivity index (χ4n) is 3.94. The van der Waals surface area contributed by atoms with Crippen LogP contribution in [0.4, 0.5) is 41.1 Å². The molecule has 4 amide bonds. The van der Waals surface area contributed by atoms with Crippen LogP contribution in [0.25, 0.3) is 11.1 Å². The van der Waals surface area contributed by atoms with E-state index in [0.29, 0.717) is 10.6 Å². The molecule has 0 aromatic carbocycles. The second-order valence-corrected chi connectivity index (χ2v) is 17.0. The van der Waals surface area contributed by atoms with E-state index in [0.717, 1.165) is 29.7 Å². The molecule has 3 aromatic heterocycles. The molecule has 0 spiro atoms. The van der Waals surface area contributed by atoms with Gasteiger partial charge in [0.15, 0.2) is 5.82 Å². The van der Waals surface area contributed by atoms with Gasteiger partial charge in [0.2, 0.25) is 5.82 Å². The molecule has 0 aliphatic rings. The molecule has 0 bridgehead atoms. The van der Waals surface area contributed by atoms with E-state index < -0.39 is 77.0 Å². The summed E-state index contributed by atoms with van der Waals surface area (Å²) in [5.74, 6) is -2.77. The van der Waals surface area contributed by atoms with E-state index in [4.69, 9.17) is 18.9 Å². The van der Waals surface area contributed by atoms with Crippen molar-refractivity contribution >= 4 is 40.3 Å². The molecule has 0 unspecified atom stereocenters. The second kappa shape index (κ2) is 18.5. The Morgan fingerprint density at radius 3 is 1.21 bits per heavy atom. The maximum absolute atomic E-state index is 14.4. The van der Waals surface area contributed by atoms with Crippen molar-refractivity contribution in [3.05, 3.63) is 70.2 Å². The zero-order valence-electron chi connectivity index (χ0n) is 33.6. The Bertz CT molecular complexity index is 1850. The predicted molar refractivity (Wildman–Crippen MR) is 198 cm³/mol. The fraction of sp³-hybridized carbons (Fsp3) is 0.514. The third kappa shape index (κ3) is 16.9. The molecule has 14 nitrogen and oxygen atoms in total. The van der Waals surface area contributed by atoms with Crippen molar-refractivity contribution in [3.63, 3.8) is 0 Å². The molecule has 3 rings (SSSR count). The molecule has 0 aliphatic carbocycles. The van der Waals surface area contributed by atoms with Crippen LogP contribution in [0.1, 0.15) is 100 Å². The highest BCUT2D eigenvalue weighted by Gasteiger charge is 2.35. The van der Waals surface area contributed by atoms with Gasteiger partial charge in [-0.25, -0.2) is 47.7 Å². The number of rotatable bonds is 5. The molecule has 0 saturated heterocycles. The van der Waals surface area contributed by atoms with E-state index in [1.165, 1.54) is 12.1 Å². The number of pyridine rings is 2. The lowest BCUT2D eigenvalue weighted by Crippen LogP contribution is -2.43. The Hall–Kier alpha value is -5.01. The number of carbonyl (C=O) groups is 4. The van der Waals surface area contributed by atoms with Gasteiger partial charge in [-0.3, -0.25) is 9.97 Å². The summed E-state index contributed by atoms with van der Waals surface area (Å²) in [6.07, 6.45) is -5.05. The Morgan fingerprint density at radius 1 is 0.561 bits per heavy atom. The van der Waals surface area contributed by atoms with Gasteiger partial charge in [0.1, 0.15) is 28.2 Å². The minimum absolute atomic E-state index is 0.0445. The average Bonchev–Trinajstić information content (AvgIpc) is 3.01. The number of imide groups is 2. The molecule has 20 heteroatoms. The van der Waals surface area contributed by atoms with Crippen molar-refractivity contribution in [2.45, 2.75) is 125 Å². The average molecular weight is 878 g/mol. The van der Waals surface area contributed by atoms with Crippen molar-refractivity contribution in [1.82, 2.24) is 29.7 Å². The van der Waals surface area contributed by atoms with Gasteiger partial charge in [0.25, 0.3) is 0 Å². The minimum Gasteiger partial charge on any atom is -0.443 e. The molecule has 0 N–H and O–H groups in total. The molecule has 57 heavy (non-hydrogen) atoms. The van der Waals surface area contributed by atoms with Gasteiger partial charge in [-0.15, -0.1) is 0 Å². The van der Waals surface area contributed by atoms with Gasteiger partial charge < -0.3 is 18.9 Å². The van der Waals surface area contributed by atoms with E-state index >= 15 is 0 Å². The quantitative estimate of drug-likeness (QED) is 0.176. The van der Waals surface area contributed by atoms with Crippen LogP contribution in [0.2, 0.25) is 0 Å². The highest BCUT2D eigenvalue weighted by molar-refractivity contribution is 9.10. The molecule has 3 aromatic rings. The zero-order chi connectivity index (χ0) is 43.9. The summed E-state index contributed by atoms with van der Waals surface area (Å²) in [7, 11) is 0. The number of carbonyl (C=O) groups excluding carboxylic acids is 4. The van der Waals surface area contributed by atoms with Crippen LogP contribution < -0.4 is 0 Å². The lowest BCUT2D eigenvalue weighted by atomic mass is 10.1. The highest BCUT2D eigenvalue weighted by atomic mass is 79.9. The maximum Gasteiger partial charge on any atom is 0.451 e. The van der Waals surface area contributed by atoms with E-state index in [1.54, 1.807) is 83.1 Å². The third-order valence-electron chi connectivity index (χ3n) is 6.09. The monoisotopic (exact) mass is 876 g/mol. The number of nitrogens with zero attached hydrogens (tertiary/aromatic N) is 6. The van der Waals surface area contributed by atoms with Gasteiger partial charge in [-0.2, -0.15) is 13.2 Å². The highest BCUT2D eigenvalue weighted by Crippen LogP contribution is 2.29. The Kier molecular flexibility index (Phi) is 15.6. The van der Waals surface area contributed by atoms with Crippen molar-refractivity contribution in [1.29, 1.82) is 0 Å². The lowest BCUT2D eigenvalue weighted by molar-refractivity contribution is -0.145. The van der Waals surface area contributed by atoms with E-state index in [-0.39, 0.29) is 27.8 Å². The molecule has 0 atom stereocenters. The van der Waals surface area contributed by atoms with Crippen LogP contribution in [0.15, 0.2) is 41.4 Å². The summed E-state index contributed by atoms with van der Waals surface area (Å²) in [5.41, 5.74) is -3.27. The number of amides is 4. The van der Waals surface area contributed by atoms with Crippen LogP contribution in [0, 0.1) is 11.6 Å². The molecule has 0 aliphatic heterocycles. The number of alkyl halides is 3. The maximum atomic E-state index is 14.4. The van der Waals surface area contributed by atoms with E-state index in [2.05, 4.69) is 35.9 Å². The molecule has 314 valence electrons. The first-order valence-corrected chi connectivity index (χ1v) is 17.8. The number of hydrogen-bond acceptors (Lipinski definition) is 12. The third-order valence-corrected chi connectivity index (χ3v) is 6.70. The van der Waals surface area contributed by atoms with Gasteiger partial charge in [0, 0.05) is 23.5 Å². The molecule has 0 radical (unpaired) electrons. The van der Waals surface area contributed by atoms with Crippen LogP contribution in [-0.4, -0.2) is 76.5 Å². The Morgan fingerprint density at radius 2 is 0.895 bits per heavy atom. The summed E-state index contributed by atoms with van der Waals surface area (Å²) >= 11 is 3.04. The second-order valence-electron chi connectivity index (χ2n) is 16.1. The van der Waals surface area contributed by atoms with Crippen molar-refractivity contribution < 1.29 is 60.1 Å². The summed E-state index contributed by atoms with van der Waals surface area (Å²) < 4.78 is 86.9. The Balaban J connectivity index is 0.000000414. The van der Waals surface area contributed by atoms with Gasteiger partial charge >= 0.3 is 30.5 Å². The van der Waals surface area contributed by atoms with Crippen molar-refractivity contribution in [2.75, 3.05) is 0 Å². The van der Waals surface area contributed by atoms with E-state index in [1.807, 2.05) is 0 Å². The first-order valence-electron chi connectivity index (χ1n) is 17.1. The number of halogens is 6. The summed E-state index contributed by atoms with van der Waals surface area (Å²) in [5, 5.41) is 0. The molecule has 0 saturated carbocycles. The van der Waals surface area contributed by atoms with Crippen molar-refractivity contribution in [2.24, 2.45) is 0 Å². The van der Waals surface area contributed by atoms with Gasteiger partial charge in [0.05, 0.1) is 41.3 Å². The number of hydrogen-bond donors (Lipinski definition) is 0. The topological polar surface area (TPSA) is 163 Å². The van der Waals surface area contributed by atoms with Crippen LogP contribution in [0.3, 0.4) is 0 Å². The van der Waals surface area contributed by atoms with Gasteiger partial charge in [-0.1, -0.05) is 0 Å². The Labute approximate surface area is 335 Å². The summed E-state index contributed by atoms with van der Waals surface area (Å²) in [6, 6.07) is 2.56. The van der Waals surface area contributed by atoms with Crippen LogP contribution >= 0.6 is 15.9 Å². The summed E-state index contributed by atoms with van der Waals surface area (Å²) in [6.45, 7) is 19.1. The standard InChI is InChI=1S/C21H24F4N4O4.C16H22BrFN2O4/c1-19(2,3)32-17(30)29(18(31)33-20(4,5)6)11-13-7-14(15(22)10-26-13)12-8-27-16(28-9-12)21(23,24)25;1-15(2,3)23-13(21)20(14(22)24-16(4,5)6)9-10-7-11(17)12(18)8-19-10/h7-10H,11H2,1-6H3;7-8H,9H2,1-6H3.